The van der Waals surface area contributed by atoms with Crippen molar-refractivity contribution in [3.8, 4) is 0 Å². The molecular weight excluding hydrogens is 1410 g/mol. The van der Waals surface area contributed by atoms with Crippen LogP contribution in [0.5, 0.6) is 0 Å². The van der Waals surface area contributed by atoms with Crippen molar-refractivity contribution in [3.63, 3.8) is 0 Å². The summed E-state index contributed by atoms with van der Waals surface area (Å²) in [5.41, 5.74) is 5.50. The van der Waals surface area contributed by atoms with Crippen molar-refractivity contribution >= 4 is 122 Å². The summed E-state index contributed by atoms with van der Waals surface area (Å²) < 4.78 is 0. The number of nitrogens with zero attached hydrogens (tertiary/aromatic N) is 3. The van der Waals surface area contributed by atoms with E-state index in [1.807, 2.05) is 0 Å². The molecule has 2 bridgehead atoms. The molecule has 105 heavy (non-hydrogen) atoms. The molecule has 39 heteroatoms. The second-order valence-electron chi connectivity index (χ2n) is 27.7. The van der Waals surface area contributed by atoms with Gasteiger partial charge in [0.15, 0.2) is 16.7 Å². The molecule has 0 aromatic carbocycles. The molecular formula is C66H108N18O19S2. The molecule has 0 saturated carbocycles. The summed E-state index contributed by atoms with van der Waals surface area (Å²) in [6.07, 6.45) is 0.242. The van der Waals surface area contributed by atoms with E-state index in [0.717, 1.165) is 4.90 Å². The van der Waals surface area contributed by atoms with E-state index >= 15 is 19.2 Å². The summed E-state index contributed by atoms with van der Waals surface area (Å²) in [5.74, 6) is -18.7. The number of hydrogen-bond donors (Lipinski definition) is 18. The Kier molecular flexibility index (Phi) is 34.8. The summed E-state index contributed by atoms with van der Waals surface area (Å²) in [5, 5.41) is 68.2. The Morgan fingerprint density at radius 3 is 1.44 bits per heavy atom. The van der Waals surface area contributed by atoms with E-state index in [4.69, 9.17) is 11.1 Å². The largest absolute Gasteiger partial charge is 0.481 e. The molecule has 0 aromatic heterocycles. The minimum Gasteiger partial charge on any atom is -0.481 e. The van der Waals surface area contributed by atoms with Crippen LogP contribution in [0.15, 0.2) is 0 Å². The second-order valence-corrected chi connectivity index (χ2v) is 30.2. The zero-order chi connectivity index (χ0) is 78.1. The van der Waals surface area contributed by atoms with Crippen molar-refractivity contribution in [2.75, 3.05) is 45.9 Å². The Labute approximate surface area is 617 Å². The maximum Gasteiger partial charge on any atom is 0.305 e. The third-order valence-corrected chi connectivity index (χ3v) is 22.0. The molecule has 5 rings (SSSR count). The molecule has 5 heterocycles. The van der Waals surface area contributed by atoms with Crippen LogP contribution in [-0.4, -0.2) is 260 Å². The number of carboxylic acids is 1. The number of amides is 15. The topological polar surface area (TPSA) is 550 Å². The van der Waals surface area contributed by atoms with Crippen LogP contribution >= 0.6 is 21.6 Å². The van der Waals surface area contributed by atoms with Crippen LogP contribution in [0, 0.1) is 29.1 Å². The van der Waals surface area contributed by atoms with Crippen LogP contribution in [0.25, 0.3) is 0 Å². The van der Waals surface area contributed by atoms with E-state index in [0.29, 0.717) is 34.4 Å². The Morgan fingerprint density at radius 2 is 0.933 bits per heavy atom. The van der Waals surface area contributed by atoms with Gasteiger partial charge in [0.05, 0.1) is 19.6 Å². The normalized spacial score (nSPS) is 29.6. The first kappa shape index (κ1) is 87.0. The predicted molar refractivity (Wildman–Crippen MR) is 382 cm³/mol. The molecule has 0 unspecified atom stereocenters. The lowest BCUT2D eigenvalue weighted by Gasteiger charge is -2.34. The molecule has 37 nitrogen and oxygen atoms in total. The highest BCUT2D eigenvalue weighted by Crippen LogP contribution is 2.32. The number of hydrogen-bond acceptors (Lipinski definition) is 21. The monoisotopic (exact) mass is 1520 g/mol. The highest BCUT2D eigenvalue weighted by atomic mass is 33.1. The quantitative estimate of drug-likeness (QED) is 0.0299. The average molecular weight is 1520 g/mol. The van der Waals surface area contributed by atoms with Crippen molar-refractivity contribution in [3.05, 3.63) is 0 Å². The molecule has 5 fully saturated rings. The van der Waals surface area contributed by atoms with Gasteiger partial charge in [-0.2, -0.15) is 0 Å². The van der Waals surface area contributed by atoms with Gasteiger partial charge in [-0.1, -0.05) is 96.2 Å². The van der Waals surface area contributed by atoms with E-state index in [-0.39, 0.29) is 116 Å². The summed E-state index contributed by atoms with van der Waals surface area (Å²) in [6, 6.07) is -18.1. The number of nitrogens with two attached hydrogens (primary N) is 1. The number of fused-ring (bicyclic) bond motifs is 6. The molecule has 0 spiro atoms. The van der Waals surface area contributed by atoms with E-state index < -0.39 is 221 Å². The number of guanidine groups is 1. The van der Waals surface area contributed by atoms with Gasteiger partial charge in [0.2, 0.25) is 76.8 Å². The Bertz CT molecular complexity index is 3170. The summed E-state index contributed by atoms with van der Waals surface area (Å²) in [7, 11) is 0.783. The zero-order valence-corrected chi connectivity index (χ0v) is 62.7. The lowest BCUT2D eigenvalue weighted by atomic mass is 9.97. The third kappa shape index (κ3) is 25.0. The fourth-order valence-corrected chi connectivity index (χ4v) is 15.0. The van der Waals surface area contributed by atoms with Crippen LogP contribution in [0.4, 0.5) is 0 Å². The van der Waals surface area contributed by atoms with Gasteiger partial charge in [-0.05, 0) is 94.8 Å². The Hall–Kier alpha value is -8.59. The molecule has 5 aliphatic rings. The molecule has 0 aromatic rings. The molecule has 19 N–H and O–H groups in total. The van der Waals surface area contributed by atoms with Gasteiger partial charge in [-0.25, -0.2) is 0 Å². The minimum absolute atomic E-state index is 0.00919. The summed E-state index contributed by atoms with van der Waals surface area (Å²) in [6.45, 7) is 12.2. The van der Waals surface area contributed by atoms with Crippen molar-refractivity contribution in [2.45, 2.75) is 242 Å². The van der Waals surface area contributed by atoms with Crippen molar-refractivity contribution < 1.29 is 92.0 Å². The van der Waals surface area contributed by atoms with Gasteiger partial charge in [0, 0.05) is 39.1 Å². The van der Waals surface area contributed by atoms with Crippen LogP contribution in [0.2, 0.25) is 0 Å². The number of carbonyl (C=O) groups is 16. The van der Waals surface area contributed by atoms with Crippen LogP contribution in [0.3, 0.4) is 0 Å². The van der Waals surface area contributed by atoms with Gasteiger partial charge < -0.3 is 105 Å². The molecule has 5 saturated heterocycles. The lowest BCUT2D eigenvalue weighted by Crippen LogP contribution is -2.61. The first-order valence-corrected chi connectivity index (χ1v) is 38.3. The minimum atomic E-state index is -2.03. The molecule has 588 valence electrons. The predicted octanol–water partition coefficient (Wildman–Crippen LogP) is -4.56. The number of aliphatic hydroxyl groups is 2. The number of aliphatic carboxylic acids is 1. The zero-order valence-electron chi connectivity index (χ0n) is 61.1. The maximum atomic E-state index is 15.4. The molecule has 0 aliphatic carbocycles. The molecule has 5 aliphatic heterocycles. The van der Waals surface area contributed by atoms with Gasteiger partial charge in [0.25, 0.3) is 11.8 Å². The number of aliphatic hydroxyl groups excluding tert-OH is 2. The number of carbonyl (C=O) groups excluding carboxylic acids is 15. The Balaban J connectivity index is 1.72. The van der Waals surface area contributed by atoms with E-state index in [1.165, 1.54) is 16.7 Å². The molecule has 0 radical (unpaired) electrons. The van der Waals surface area contributed by atoms with Crippen molar-refractivity contribution in [1.82, 2.24) is 83.8 Å². The van der Waals surface area contributed by atoms with Crippen LogP contribution < -0.4 is 74.9 Å². The number of nitrogens with one attached hydrogen (secondary N) is 14. The van der Waals surface area contributed by atoms with Crippen molar-refractivity contribution in [1.29, 1.82) is 5.41 Å². The van der Waals surface area contributed by atoms with Gasteiger partial charge >= 0.3 is 5.97 Å². The summed E-state index contributed by atoms with van der Waals surface area (Å²) in [4.78, 5) is 234. The first-order chi connectivity index (χ1) is 49.7. The van der Waals surface area contributed by atoms with E-state index in [1.54, 1.807) is 55.4 Å². The van der Waals surface area contributed by atoms with E-state index in [2.05, 4.69) is 69.1 Å². The SMILES string of the molecule is CC[C@H](C)[C@@H]1NC(=O)[C@H](C)NC(=O)CCCNC(=O)[C@H](CC(=O)O)NC(=O)[C@@H]2CCCN2C(=O)[C@H]([C@@H](C)CC)NC(=O)[C@H]2NC(=O)[C@H]([C@@H](C)CC)NC(=O)[C@@H]3CCCN3C(=O)[C@@H]3CCCN3C(=O)[C@H](CC(C)C)NC(=O)[C@H](CO)NC(=O)[C@H](CCCNC(=N)N)NC(=O)[C@H](CO)NC(=O)[C@@H](NC1=O)SS2. The van der Waals surface area contributed by atoms with Gasteiger partial charge in [-0.15, -0.1) is 0 Å². The number of rotatable bonds is 16. The fraction of sp³-hybridized carbons (Fsp3) is 0.742. The molecule has 15 amide bonds. The van der Waals surface area contributed by atoms with Crippen molar-refractivity contribution in [2.24, 2.45) is 29.4 Å². The third-order valence-electron chi connectivity index (χ3n) is 19.4. The second kappa shape index (κ2) is 41.9. The first-order valence-electron chi connectivity index (χ1n) is 36.1. The Morgan fingerprint density at radius 1 is 0.505 bits per heavy atom. The van der Waals surface area contributed by atoms with Gasteiger partial charge in [0.1, 0.15) is 72.5 Å². The molecule has 17 atom stereocenters. The maximum absolute atomic E-state index is 15.4. The fourth-order valence-electron chi connectivity index (χ4n) is 12.7. The highest BCUT2D eigenvalue weighted by Gasteiger charge is 2.47. The van der Waals surface area contributed by atoms with Crippen LogP contribution in [0.1, 0.15) is 159 Å². The van der Waals surface area contributed by atoms with Crippen LogP contribution in [-0.2, 0) is 76.7 Å². The van der Waals surface area contributed by atoms with Gasteiger partial charge in [-0.3, -0.25) is 82.1 Å². The number of carboxylic acid groups (broad SMARTS) is 1. The summed E-state index contributed by atoms with van der Waals surface area (Å²) >= 11 is 0. The standard InChI is InChI=1S/C66H108N18O19S2/c1-10-33(6)47-57(97)80-61-59(99)76-41(31-86)53(93)72-37(18-13-24-70-66(67)68)52(92)75-40(30-85)54(94)74-39(28-32(4)5)63(101)84-27-17-21-44(84)64(102)82-25-15-20-43(82)56(96)78-48(34(7)11-2)58(98)81-62(105-104-61)60(100)79-49(35(8)12-3)65(103)83-26-16-19-42(83)55(95)73-38(29-46(88)89)51(91)69-23-14-22-45(87)71-36(9)50(90)77-47/h32-44,47-49,61-62,85-86H,10-31H2,1-9H3,(H,69,91)(H,71,87)(H,72,93)(H,73,95)(H,74,94)(H,75,92)(H,76,99)(H,77,90)(H,78,96)(H,79,100)(H,80,97)(H,81,98)(H,88,89)(H4,67,68,70)/t33-,34-,35-,36-,37-,38-,39-,40-,41-,42-,43-,44-,47-,48-,49-,61-,62-/m0/s1. The average Bonchev–Trinajstić information content (AvgIpc) is 1.68. The highest BCUT2D eigenvalue weighted by molar-refractivity contribution is 8.77. The van der Waals surface area contributed by atoms with E-state index in [9.17, 15) is 72.9 Å². The lowest BCUT2D eigenvalue weighted by molar-refractivity contribution is -0.148. The smallest absolute Gasteiger partial charge is 0.305 e.